The van der Waals surface area contributed by atoms with E-state index in [2.05, 4.69) is 4.74 Å². The number of nitrogen functional groups attached to an aromatic ring is 1. The van der Waals surface area contributed by atoms with E-state index in [1.165, 1.54) is 25.3 Å². The van der Waals surface area contributed by atoms with Crippen molar-refractivity contribution in [3.63, 3.8) is 0 Å². The van der Waals surface area contributed by atoms with Crippen LogP contribution in [-0.4, -0.2) is 30.8 Å². The molecule has 0 unspecified atom stereocenters. The smallest absolute Gasteiger partial charge is 0.341 e. The van der Waals surface area contributed by atoms with Gasteiger partial charge in [0.25, 0.3) is 0 Å². The number of hydrogen-bond acceptors (Lipinski definition) is 5. The van der Waals surface area contributed by atoms with E-state index in [0.29, 0.717) is 11.4 Å². The molecule has 0 bridgehead atoms. The number of carboxylic acids is 1. The van der Waals surface area contributed by atoms with Crippen LogP contribution in [0.2, 0.25) is 0 Å². The number of methoxy groups -OCH3 is 1. The number of nitrogens with two attached hydrogens (primary N) is 1. The summed E-state index contributed by atoms with van der Waals surface area (Å²) in [4.78, 5) is 21.5. The number of rotatable bonds is 4. The van der Waals surface area contributed by atoms with Crippen molar-refractivity contribution in [2.24, 2.45) is 0 Å². The molecule has 0 fully saturated rings. The third-order valence-electron chi connectivity index (χ3n) is 1.80. The van der Waals surface area contributed by atoms with Gasteiger partial charge in [0.2, 0.25) is 0 Å². The zero-order chi connectivity index (χ0) is 12.1. The van der Waals surface area contributed by atoms with Crippen LogP contribution < -0.4 is 10.5 Å². The number of carbonyl (C=O) groups excluding carboxylic acids is 1. The Kier molecular flexibility index (Phi) is 3.71. The Labute approximate surface area is 91.6 Å². The fourth-order valence-corrected chi connectivity index (χ4v) is 1.05. The lowest BCUT2D eigenvalue weighted by molar-refractivity contribution is -0.140. The van der Waals surface area contributed by atoms with Gasteiger partial charge >= 0.3 is 11.9 Å². The fraction of sp³-hybridized carbons (Fsp3) is 0.200. The highest BCUT2D eigenvalue weighted by Gasteiger charge is 2.11. The first-order chi connectivity index (χ1) is 7.54. The number of esters is 1. The van der Waals surface area contributed by atoms with Gasteiger partial charge in [-0.3, -0.25) is 0 Å². The molecule has 1 aromatic carbocycles. The molecular weight excluding hydrogens is 214 g/mol. The third kappa shape index (κ3) is 2.88. The van der Waals surface area contributed by atoms with Gasteiger partial charge in [-0.25, -0.2) is 9.59 Å². The molecule has 0 saturated heterocycles. The quantitative estimate of drug-likeness (QED) is 0.572. The van der Waals surface area contributed by atoms with Crippen molar-refractivity contribution in [1.29, 1.82) is 0 Å². The van der Waals surface area contributed by atoms with E-state index in [9.17, 15) is 9.59 Å². The zero-order valence-corrected chi connectivity index (χ0v) is 8.60. The van der Waals surface area contributed by atoms with Crippen molar-refractivity contribution in [3.8, 4) is 5.75 Å². The Hall–Kier alpha value is -2.24. The average Bonchev–Trinajstić information content (AvgIpc) is 2.26. The summed E-state index contributed by atoms with van der Waals surface area (Å²) < 4.78 is 9.41. The predicted octanol–water partition coefficient (Wildman–Crippen LogP) is 0.519. The highest BCUT2D eigenvalue weighted by Crippen LogP contribution is 2.22. The predicted molar refractivity (Wildman–Crippen MR) is 55.3 cm³/mol. The number of anilines is 1. The van der Waals surface area contributed by atoms with Gasteiger partial charge in [-0.2, -0.15) is 0 Å². The fourth-order valence-electron chi connectivity index (χ4n) is 1.05. The Morgan fingerprint density at radius 3 is 2.69 bits per heavy atom. The highest BCUT2D eigenvalue weighted by molar-refractivity contribution is 5.91. The van der Waals surface area contributed by atoms with Crippen molar-refractivity contribution in [2.45, 2.75) is 0 Å². The molecule has 0 aliphatic carbocycles. The van der Waals surface area contributed by atoms with Crippen LogP contribution in [0, 0.1) is 0 Å². The molecule has 0 aromatic heterocycles. The molecule has 16 heavy (non-hydrogen) atoms. The van der Waals surface area contributed by atoms with Crippen LogP contribution in [0.15, 0.2) is 18.2 Å². The van der Waals surface area contributed by atoms with E-state index >= 15 is 0 Å². The second kappa shape index (κ2) is 5.01. The third-order valence-corrected chi connectivity index (χ3v) is 1.80. The molecule has 0 amide bonds. The minimum Gasteiger partial charge on any atom is -0.495 e. The molecule has 0 atom stereocenters. The second-order valence-electron chi connectivity index (χ2n) is 2.93. The maximum atomic E-state index is 11.3. The highest BCUT2D eigenvalue weighted by atomic mass is 16.5. The normalized spacial score (nSPS) is 9.56. The number of benzene rings is 1. The summed E-state index contributed by atoms with van der Waals surface area (Å²) >= 11 is 0. The molecule has 1 aromatic rings. The minimum atomic E-state index is -1.21. The SMILES string of the molecule is COc1cc(C(=O)OCC(=O)O)ccc1N. The van der Waals surface area contributed by atoms with E-state index in [1.54, 1.807) is 0 Å². The molecule has 0 saturated carbocycles. The number of carbonyl (C=O) groups is 2. The maximum Gasteiger partial charge on any atom is 0.341 e. The van der Waals surface area contributed by atoms with Gasteiger partial charge in [0.1, 0.15) is 5.75 Å². The zero-order valence-electron chi connectivity index (χ0n) is 8.60. The summed E-state index contributed by atoms with van der Waals surface area (Å²) in [5.74, 6) is -1.61. The first-order valence-corrected chi connectivity index (χ1v) is 4.37. The number of ether oxygens (including phenoxy) is 2. The molecule has 0 aliphatic rings. The van der Waals surface area contributed by atoms with E-state index in [0.717, 1.165) is 0 Å². The van der Waals surface area contributed by atoms with Gasteiger partial charge in [-0.1, -0.05) is 0 Å². The first-order valence-electron chi connectivity index (χ1n) is 4.37. The summed E-state index contributed by atoms with van der Waals surface area (Å²) in [6.07, 6.45) is 0. The molecule has 3 N–H and O–H groups in total. The average molecular weight is 225 g/mol. The van der Waals surface area contributed by atoms with Crippen molar-refractivity contribution < 1.29 is 24.2 Å². The van der Waals surface area contributed by atoms with E-state index < -0.39 is 18.5 Å². The lowest BCUT2D eigenvalue weighted by Gasteiger charge is -2.06. The number of aliphatic carboxylic acids is 1. The largest absolute Gasteiger partial charge is 0.495 e. The van der Waals surface area contributed by atoms with Crippen LogP contribution in [0.3, 0.4) is 0 Å². The molecule has 0 radical (unpaired) electrons. The van der Waals surface area contributed by atoms with Crippen LogP contribution in [0.5, 0.6) is 5.75 Å². The van der Waals surface area contributed by atoms with E-state index in [-0.39, 0.29) is 5.56 Å². The van der Waals surface area contributed by atoms with Crippen LogP contribution in [-0.2, 0) is 9.53 Å². The van der Waals surface area contributed by atoms with Crippen LogP contribution in [0.4, 0.5) is 5.69 Å². The summed E-state index contributed by atoms with van der Waals surface area (Å²) in [6.45, 7) is -0.675. The Morgan fingerprint density at radius 2 is 2.12 bits per heavy atom. The summed E-state index contributed by atoms with van der Waals surface area (Å²) in [6, 6.07) is 4.30. The van der Waals surface area contributed by atoms with Crippen molar-refractivity contribution >= 4 is 17.6 Å². The Balaban J connectivity index is 2.80. The van der Waals surface area contributed by atoms with Crippen molar-refractivity contribution in [1.82, 2.24) is 0 Å². The van der Waals surface area contributed by atoms with Crippen LogP contribution in [0.25, 0.3) is 0 Å². The Bertz CT molecular complexity index is 416. The lowest BCUT2D eigenvalue weighted by atomic mass is 10.2. The summed E-state index contributed by atoms with van der Waals surface area (Å²) in [5, 5.41) is 8.33. The van der Waals surface area contributed by atoms with Gasteiger partial charge in [0.15, 0.2) is 6.61 Å². The van der Waals surface area contributed by atoms with Gasteiger partial charge in [-0.05, 0) is 18.2 Å². The molecular formula is C10H11NO5. The van der Waals surface area contributed by atoms with Crippen molar-refractivity contribution in [2.75, 3.05) is 19.5 Å². The maximum absolute atomic E-state index is 11.3. The van der Waals surface area contributed by atoms with Crippen LogP contribution >= 0.6 is 0 Å². The molecule has 0 heterocycles. The van der Waals surface area contributed by atoms with Crippen LogP contribution in [0.1, 0.15) is 10.4 Å². The monoisotopic (exact) mass is 225 g/mol. The molecule has 0 spiro atoms. The van der Waals surface area contributed by atoms with E-state index in [1.807, 2.05) is 0 Å². The standard InChI is InChI=1S/C10H11NO5/c1-15-8-4-6(2-3-7(8)11)10(14)16-5-9(12)13/h2-4H,5,11H2,1H3,(H,12,13). The van der Waals surface area contributed by atoms with Gasteiger partial charge in [0, 0.05) is 0 Å². The molecule has 86 valence electrons. The lowest BCUT2D eigenvalue weighted by Crippen LogP contribution is -2.13. The van der Waals surface area contributed by atoms with E-state index in [4.69, 9.17) is 15.6 Å². The molecule has 1 rings (SSSR count). The summed E-state index contributed by atoms with van der Waals surface area (Å²) in [7, 11) is 1.41. The number of hydrogen-bond donors (Lipinski definition) is 2. The number of carboxylic acid groups (broad SMARTS) is 1. The topological polar surface area (TPSA) is 98.8 Å². The van der Waals surface area contributed by atoms with Gasteiger partial charge in [-0.15, -0.1) is 0 Å². The first kappa shape index (κ1) is 11.8. The molecule has 6 heteroatoms. The minimum absolute atomic E-state index is 0.187. The van der Waals surface area contributed by atoms with Gasteiger partial charge in [0.05, 0.1) is 18.4 Å². The Morgan fingerprint density at radius 1 is 1.44 bits per heavy atom. The van der Waals surface area contributed by atoms with Gasteiger partial charge < -0.3 is 20.3 Å². The van der Waals surface area contributed by atoms with Crippen molar-refractivity contribution in [3.05, 3.63) is 23.8 Å². The molecule has 6 nitrogen and oxygen atoms in total. The summed E-state index contributed by atoms with van der Waals surface area (Å²) in [5.41, 5.74) is 6.12. The second-order valence-corrected chi connectivity index (χ2v) is 2.93. The molecule has 0 aliphatic heterocycles.